The lowest BCUT2D eigenvalue weighted by Crippen LogP contribution is -2.58. The highest BCUT2D eigenvalue weighted by atomic mass is 16.5. The maximum atomic E-state index is 12.9. The van der Waals surface area contributed by atoms with Crippen molar-refractivity contribution < 1.29 is 24.5 Å². The minimum absolute atomic E-state index is 0.00167. The largest absolute Gasteiger partial charge is 0.469 e. The van der Waals surface area contributed by atoms with Crippen molar-refractivity contribution in [3.8, 4) is 0 Å². The summed E-state index contributed by atoms with van der Waals surface area (Å²) >= 11 is 0. The number of amides is 1. The van der Waals surface area contributed by atoms with Crippen molar-refractivity contribution in [3.63, 3.8) is 0 Å². The molecule has 0 saturated heterocycles. The third-order valence-corrected chi connectivity index (χ3v) is 12.3. The van der Waals surface area contributed by atoms with Gasteiger partial charge < -0.3 is 26.0 Å². The number of aliphatic hydroxyl groups excluding tert-OH is 2. The third kappa shape index (κ3) is 6.21. The second-order valence-electron chi connectivity index (χ2n) is 14.2. The molecule has 0 heterocycles. The second kappa shape index (κ2) is 12.8. The topological polar surface area (TPSA) is 122 Å². The average Bonchev–Trinajstić information content (AvgIpc) is 3.27. The molecule has 0 aromatic rings. The first kappa shape index (κ1) is 30.8. The summed E-state index contributed by atoms with van der Waals surface area (Å²) in [7, 11) is 1.38. The van der Waals surface area contributed by atoms with Crippen LogP contribution < -0.4 is 11.1 Å². The molecule has 0 aromatic carbocycles. The van der Waals surface area contributed by atoms with Crippen LogP contribution >= 0.6 is 0 Å². The van der Waals surface area contributed by atoms with Crippen LogP contribution in [0.15, 0.2) is 0 Å². The Bertz CT molecular complexity index is 852. The Morgan fingerprint density at radius 3 is 2.51 bits per heavy atom. The van der Waals surface area contributed by atoms with Crippen molar-refractivity contribution in [1.82, 2.24) is 5.32 Å². The van der Waals surface area contributed by atoms with E-state index >= 15 is 0 Å². The fraction of sp³-hybridized carbons (Fsp3) is 0.938. The normalized spacial score (nSPS) is 41.1. The monoisotopic (exact) mass is 548 g/mol. The smallest absolute Gasteiger partial charge is 0.307 e. The van der Waals surface area contributed by atoms with E-state index in [0.717, 1.165) is 57.8 Å². The molecule has 39 heavy (non-hydrogen) atoms. The Kier molecular flexibility index (Phi) is 10.1. The van der Waals surface area contributed by atoms with Crippen molar-refractivity contribution in [2.75, 3.05) is 13.7 Å². The van der Waals surface area contributed by atoms with E-state index in [9.17, 15) is 19.8 Å². The van der Waals surface area contributed by atoms with Gasteiger partial charge in [-0.15, -0.1) is 0 Å². The summed E-state index contributed by atoms with van der Waals surface area (Å²) in [4.78, 5) is 24.8. The number of unbranched alkanes of at least 4 members (excludes halogenated alkanes) is 1. The van der Waals surface area contributed by atoms with Gasteiger partial charge in [0.25, 0.3) is 0 Å². The van der Waals surface area contributed by atoms with Crippen LogP contribution in [0.4, 0.5) is 0 Å². The van der Waals surface area contributed by atoms with Crippen molar-refractivity contribution in [2.24, 2.45) is 52.1 Å². The summed E-state index contributed by atoms with van der Waals surface area (Å²) in [5, 5.41) is 25.2. The standard InChI is InChI=1S/C32H56N2O5/c1-20(8-13-29(37)34-22(7-5-6-16-33)18-30(38)39-4)25-11-12-26-24-10-9-21-17-23(35)14-15-31(21,2)27(24)19-28(36)32(25,26)3/h20-28,35-36H,5-19,33H2,1-4H3,(H,34,37). The van der Waals surface area contributed by atoms with Gasteiger partial charge in [0.2, 0.25) is 5.91 Å². The fourth-order valence-electron chi connectivity index (χ4n) is 10.1. The summed E-state index contributed by atoms with van der Waals surface area (Å²) in [6.45, 7) is 7.70. The molecule has 1 amide bonds. The number of nitrogens with two attached hydrogens (primary N) is 1. The van der Waals surface area contributed by atoms with E-state index in [4.69, 9.17) is 10.5 Å². The Balaban J connectivity index is 1.36. The molecule has 4 aliphatic rings. The molecular formula is C32H56N2O5. The zero-order valence-corrected chi connectivity index (χ0v) is 25.0. The Morgan fingerprint density at radius 2 is 1.79 bits per heavy atom. The predicted molar refractivity (Wildman–Crippen MR) is 152 cm³/mol. The van der Waals surface area contributed by atoms with Crippen molar-refractivity contribution >= 4 is 11.9 Å². The number of ether oxygens (including phenoxy) is 1. The van der Waals surface area contributed by atoms with E-state index in [1.54, 1.807) is 0 Å². The maximum absolute atomic E-state index is 12.9. The molecule has 224 valence electrons. The van der Waals surface area contributed by atoms with Crippen LogP contribution in [0.25, 0.3) is 0 Å². The third-order valence-electron chi connectivity index (χ3n) is 12.3. The summed E-state index contributed by atoms with van der Waals surface area (Å²) in [6, 6.07) is -0.213. The fourth-order valence-corrected chi connectivity index (χ4v) is 10.1. The minimum atomic E-state index is -0.304. The van der Waals surface area contributed by atoms with Crippen LogP contribution in [-0.4, -0.2) is 54.0 Å². The number of carbonyl (C=O) groups excluding carboxylic acids is 2. The number of aliphatic hydroxyl groups is 2. The predicted octanol–water partition coefficient (Wildman–Crippen LogP) is 4.57. The molecule has 7 nitrogen and oxygen atoms in total. The molecule has 7 heteroatoms. The summed E-state index contributed by atoms with van der Waals surface area (Å²) in [5.74, 6) is 2.83. The molecule has 4 saturated carbocycles. The lowest BCUT2D eigenvalue weighted by Gasteiger charge is -2.62. The molecule has 0 bridgehead atoms. The van der Waals surface area contributed by atoms with Gasteiger partial charge in [-0.1, -0.05) is 27.2 Å². The molecule has 0 aromatic heterocycles. The first-order valence-electron chi connectivity index (χ1n) is 16.0. The van der Waals surface area contributed by atoms with E-state index in [-0.39, 0.29) is 47.4 Å². The maximum Gasteiger partial charge on any atom is 0.307 e. The van der Waals surface area contributed by atoms with Crippen molar-refractivity contribution in [1.29, 1.82) is 0 Å². The number of hydrogen-bond donors (Lipinski definition) is 4. The highest BCUT2D eigenvalue weighted by molar-refractivity contribution is 5.77. The first-order chi connectivity index (χ1) is 18.5. The first-order valence-corrected chi connectivity index (χ1v) is 16.0. The molecule has 4 fully saturated rings. The van der Waals surface area contributed by atoms with Gasteiger partial charge in [-0.2, -0.15) is 0 Å². The van der Waals surface area contributed by atoms with Crippen LogP contribution in [0, 0.1) is 46.3 Å². The summed E-state index contributed by atoms with van der Waals surface area (Å²) < 4.78 is 4.83. The number of carbonyl (C=O) groups is 2. The van der Waals surface area contributed by atoms with Gasteiger partial charge >= 0.3 is 5.97 Å². The van der Waals surface area contributed by atoms with E-state index in [1.165, 1.54) is 26.4 Å². The Labute approximate surface area is 236 Å². The SMILES string of the molecule is COC(=O)CC(CCCCN)NC(=O)CCC(C)C1CCC2C3CCC4CC(O)CCC4(C)C3CC(O)C12C. The van der Waals surface area contributed by atoms with Gasteiger partial charge in [0.1, 0.15) is 0 Å². The highest BCUT2D eigenvalue weighted by Gasteiger charge is 2.63. The van der Waals surface area contributed by atoms with Crippen LogP contribution in [0.2, 0.25) is 0 Å². The number of nitrogens with one attached hydrogen (secondary N) is 1. The van der Waals surface area contributed by atoms with Gasteiger partial charge in [-0.3, -0.25) is 9.59 Å². The highest BCUT2D eigenvalue weighted by Crippen LogP contribution is 2.68. The van der Waals surface area contributed by atoms with E-state index in [2.05, 4.69) is 26.1 Å². The second-order valence-corrected chi connectivity index (χ2v) is 14.2. The Morgan fingerprint density at radius 1 is 1.03 bits per heavy atom. The van der Waals surface area contributed by atoms with Crippen LogP contribution in [0.1, 0.15) is 111 Å². The molecule has 11 unspecified atom stereocenters. The van der Waals surface area contributed by atoms with Crippen molar-refractivity contribution in [3.05, 3.63) is 0 Å². The van der Waals surface area contributed by atoms with Gasteiger partial charge in [0.15, 0.2) is 0 Å². The summed E-state index contributed by atoms with van der Waals surface area (Å²) in [6.07, 6.45) is 12.0. The van der Waals surface area contributed by atoms with E-state index in [1.807, 2.05) is 0 Å². The Hall–Kier alpha value is -1.18. The molecule has 0 aliphatic heterocycles. The van der Waals surface area contributed by atoms with Gasteiger partial charge in [-0.05, 0) is 124 Å². The molecule has 0 spiro atoms. The number of hydrogen-bond acceptors (Lipinski definition) is 6. The molecule has 11 atom stereocenters. The number of fused-ring (bicyclic) bond motifs is 5. The molecule has 0 radical (unpaired) electrons. The van der Waals surface area contributed by atoms with Gasteiger partial charge in [0, 0.05) is 12.5 Å². The lowest BCUT2D eigenvalue weighted by atomic mass is 9.43. The number of esters is 1. The number of rotatable bonds is 11. The minimum Gasteiger partial charge on any atom is -0.469 e. The lowest BCUT2D eigenvalue weighted by molar-refractivity contribution is -0.175. The van der Waals surface area contributed by atoms with E-state index in [0.29, 0.717) is 48.5 Å². The van der Waals surface area contributed by atoms with Crippen LogP contribution in [-0.2, 0) is 14.3 Å². The van der Waals surface area contributed by atoms with E-state index < -0.39 is 0 Å². The van der Waals surface area contributed by atoms with Gasteiger partial charge in [-0.25, -0.2) is 0 Å². The van der Waals surface area contributed by atoms with Crippen molar-refractivity contribution in [2.45, 2.75) is 129 Å². The quantitative estimate of drug-likeness (QED) is 0.222. The average molecular weight is 549 g/mol. The van der Waals surface area contributed by atoms with Gasteiger partial charge in [0.05, 0.1) is 25.7 Å². The van der Waals surface area contributed by atoms with Crippen LogP contribution in [0.3, 0.4) is 0 Å². The zero-order chi connectivity index (χ0) is 28.4. The summed E-state index contributed by atoms with van der Waals surface area (Å²) in [5.41, 5.74) is 5.78. The zero-order valence-electron chi connectivity index (χ0n) is 25.0. The molecule has 4 aliphatic carbocycles. The number of methoxy groups -OCH3 is 1. The molecular weight excluding hydrogens is 492 g/mol. The molecule has 5 N–H and O–H groups in total. The molecule has 4 rings (SSSR count). The van der Waals surface area contributed by atoms with Crippen LogP contribution in [0.5, 0.6) is 0 Å².